The number of halogens is 1. The molecule has 0 aliphatic carbocycles. The summed E-state index contributed by atoms with van der Waals surface area (Å²) in [7, 11) is 0. The van der Waals surface area contributed by atoms with Gasteiger partial charge in [0, 0.05) is 11.1 Å². The lowest BCUT2D eigenvalue weighted by Gasteiger charge is -1.98. The fourth-order valence-corrected chi connectivity index (χ4v) is 1.41. The molecule has 76 valence electrons. The number of carbonyl (C=O) groups is 1. The van der Waals surface area contributed by atoms with Gasteiger partial charge in [0.1, 0.15) is 17.4 Å². The highest BCUT2D eigenvalue weighted by atomic mass is 35.5. The smallest absolute Gasteiger partial charge is 0.342 e. The third kappa shape index (κ3) is 1.59. The van der Waals surface area contributed by atoms with Crippen molar-refractivity contribution in [3.05, 3.63) is 45.3 Å². The van der Waals surface area contributed by atoms with Crippen molar-refractivity contribution in [2.75, 3.05) is 0 Å². The Morgan fingerprint density at radius 3 is 2.80 bits per heavy atom. The molecule has 0 atom stereocenters. The SMILES string of the molecule is O=C(O)c1coc2cc(Cl)ccc2c1=O. The maximum atomic E-state index is 11.6. The van der Waals surface area contributed by atoms with E-state index in [2.05, 4.69) is 0 Å². The summed E-state index contributed by atoms with van der Waals surface area (Å²) in [6.45, 7) is 0. The Morgan fingerprint density at radius 2 is 2.13 bits per heavy atom. The molecule has 1 N–H and O–H groups in total. The molecule has 5 heteroatoms. The predicted octanol–water partition coefficient (Wildman–Crippen LogP) is 2.14. The molecular formula is C10H5ClO4. The van der Waals surface area contributed by atoms with Crippen LogP contribution in [0.1, 0.15) is 10.4 Å². The van der Waals surface area contributed by atoms with Gasteiger partial charge in [0.25, 0.3) is 0 Å². The first-order valence-corrected chi connectivity index (χ1v) is 4.42. The lowest BCUT2D eigenvalue weighted by Crippen LogP contribution is -2.13. The van der Waals surface area contributed by atoms with Gasteiger partial charge < -0.3 is 9.52 Å². The summed E-state index contributed by atoms with van der Waals surface area (Å²) in [5.41, 5.74) is -0.678. The molecule has 0 amide bonds. The monoisotopic (exact) mass is 224 g/mol. The van der Waals surface area contributed by atoms with Gasteiger partial charge in [-0.05, 0) is 12.1 Å². The summed E-state index contributed by atoms with van der Waals surface area (Å²) < 4.78 is 5.00. The van der Waals surface area contributed by atoms with E-state index in [1.165, 1.54) is 18.2 Å². The van der Waals surface area contributed by atoms with Gasteiger partial charge in [-0.1, -0.05) is 11.6 Å². The Morgan fingerprint density at radius 1 is 1.40 bits per heavy atom. The van der Waals surface area contributed by atoms with E-state index in [-0.39, 0.29) is 16.5 Å². The third-order valence-corrected chi connectivity index (χ3v) is 2.20. The average Bonchev–Trinajstić information content (AvgIpc) is 2.17. The van der Waals surface area contributed by atoms with Crippen LogP contribution >= 0.6 is 11.6 Å². The average molecular weight is 225 g/mol. The number of carboxylic acids is 1. The number of benzene rings is 1. The summed E-state index contributed by atoms with van der Waals surface area (Å²) >= 11 is 5.69. The fourth-order valence-electron chi connectivity index (χ4n) is 1.25. The van der Waals surface area contributed by atoms with E-state index in [4.69, 9.17) is 21.1 Å². The number of rotatable bonds is 1. The van der Waals surface area contributed by atoms with E-state index in [0.717, 1.165) is 6.26 Å². The Labute approximate surface area is 88.7 Å². The highest BCUT2D eigenvalue weighted by Gasteiger charge is 2.12. The van der Waals surface area contributed by atoms with Gasteiger partial charge in [-0.3, -0.25) is 4.79 Å². The molecule has 2 rings (SSSR count). The largest absolute Gasteiger partial charge is 0.477 e. The number of carboxylic acid groups (broad SMARTS) is 1. The summed E-state index contributed by atoms with van der Waals surface area (Å²) in [6.07, 6.45) is 0.920. The van der Waals surface area contributed by atoms with Gasteiger partial charge in [0.2, 0.25) is 5.43 Å². The second-order valence-electron chi connectivity index (χ2n) is 2.92. The normalized spacial score (nSPS) is 10.5. The Hall–Kier alpha value is -1.81. The van der Waals surface area contributed by atoms with Crippen molar-refractivity contribution >= 4 is 28.5 Å². The first-order chi connectivity index (χ1) is 7.09. The molecule has 4 nitrogen and oxygen atoms in total. The zero-order valence-electron chi connectivity index (χ0n) is 7.36. The molecular weight excluding hydrogens is 220 g/mol. The molecule has 2 aromatic rings. The van der Waals surface area contributed by atoms with E-state index in [9.17, 15) is 9.59 Å². The van der Waals surface area contributed by atoms with Crippen LogP contribution in [0.4, 0.5) is 0 Å². The highest BCUT2D eigenvalue weighted by Crippen LogP contribution is 2.17. The van der Waals surface area contributed by atoms with Crippen molar-refractivity contribution in [3.63, 3.8) is 0 Å². The molecule has 0 aliphatic rings. The number of hydrogen-bond acceptors (Lipinski definition) is 3. The Balaban J connectivity index is 2.86. The maximum absolute atomic E-state index is 11.6. The Kier molecular flexibility index (Phi) is 2.21. The standard InChI is InChI=1S/C10H5ClO4/c11-5-1-2-6-8(3-5)15-4-7(9(6)12)10(13)14/h1-4H,(H,13,14). The van der Waals surface area contributed by atoms with Crippen molar-refractivity contribution in [1.29, 1.82) is 0 Å². The molecule has 0 bridgehead atoms. The van der Waals surface area contributed by atoms with Crippen LogP contribution in [0, 0.1) is 0 Å². The van der Waals surface area contributed by atoms with E-state index < -0.39 is 11.4 Å². The van der Waals surface area contributed by atoms with Crippen LogP contribution in [0.5, 0.6) is 0 Å². The van der Waals surface area contributed by atoms with Crippen molar-refractivity contribution in [3.8, 4) is 0 Å². The zero-order chi connectivity index (χ0) is 11.0. The number of aromatic carboxylic acids is 1. The second-order valence-corrected chi connectivity index (χ2v) is 3.36. The first-order valence-electron chi connectivity index (χ1n) is 4.04. The van der Waals surface area contributed by atoms with Gasteiger partial charge in [-0.25, -0.2) is 4.79 Å². The molecule has 0 radical (unpaired) electrons. The summed E-state index contributed by atoms with van der Waals surface area (Å²) in [4.78, 5) is 22.2. The van der Waals surface area contributed by atoms with Crippen LogP contribution in [0.25, 0.3) is 11.0 Å². The van der Waals surface area contributed by atoms with Gasteiger partial charge in [-0.2, -0.15) is 0 Å². The minimum Gasteiger partial charge on any atom is -0.477 e. The van der Waals surface area contributed by atoms with Crippen LogP contribution < -0.4 is 5.43 Å². The highest BCUT2D eigenvalue weighted by molar-refractivity contribution is 6.31. The maximum Gasteiger partial charge on any atom is 0.342 e. The topological polar surface area (TPSA) is 67.5 Å². The van der Waals surface area contributed by atoms with E-state index in [1.54, 1.807) is 0 Å². The van der Waals surface area contributed by atoms with Crippen LogP contribution in [-0.2, 0) is 0 Å². The van der Waals surface area contributed by atoms with Gasteiger partial charge >= 0.3 is 5.97 Å². The van der Waals surface area contributed by atoms with E-state index in [0.29, 0.717) is 5.02 Å². The zero-order valence-corrected chi connectivity index (χ0v) is 8.12. The predicted molar refractivity (Wildman–Crippen MR) is 54.5 cm³/mol. The molecule has 0 spiro atoms. The number of fused-ring (bicyclic) bond motifs is 1. The van der Waals surface area contributed by atoms with Crippen molar-refractivity contribution in [1.82, 2.24) is 0 Å². The second kappa shape index (κ2) is 3.40. The lowest BCUT2D eigenvalue weighted by atomic mass is 10.2. The third-order valence-electron chi connectivity index (χ3n) is 1.97. The first kappa shape index (κ1) is 9.73. The molecule has 15 heavy (non-hydrogen) atoms. The van der Waals surface area contributed by atoms with Gasteiger partial charge in [0.15, 0.2) is 0 Å². The molecule has 0 unspecified atom stereocenters. The molecule has 0 saturated heterocycles. The molecule has 1 aromatic carbocycles. The van der Waals surface area contributed by atoms with Crippen LogP contribution in [0.3, 0.4) is 0 Å². The Bertz CT molecular complexity index is 600. The summed E-state index contributed by atoms with van der Waals surface area (Å²) in [5, 5.41) is 9.33. The molecule has 0 aliphatic heterocycles. The molecule has 0 saturated carbocycles. The van der Waals surface area contributed by atoms with Gasteiger partial charge in [0.05, 0.1) is 5.39 Å². The van der Waals surface area contributed by atoms with Crippen LogP contribution in [0.2, 0.25) is 5.02 Å². The minimum absolute atomic E-state index is 0.208. The minimum atomic E-state index is -1.30. The van der Waals surface area contributed by atoms with E-state index in [1.807, 2.05) is 0 Å². The summed E-state index contributed by atoms with van der Waals surface area (Å²) in [5.74, 6) is -1.30. The lowest BCUT2D eigenvalue weighted by molar-refractivity contribution is 0.0693. The van der Waals surface area contributed by atoms with Gasteiger partial charge in [-0.15, -0.1) is 0 Å². The fraction of sp³-hybridized carbons (Fsp3) is 0. The quantitative estimate of drug-likeness (QED) is 0.806. The summed E-state index contributed by atoms with van der Waals surface area (Å²) in [6, 6.07) is 4.41. The van der Waals surface area contributed by atoms with Crippen LogP contribution in [-0.4, -0.2) is 11.1 Å². The molecule has 1 aromatic heterocycles. The van der Waals surface area contributed by atoms with Crippen molar-refractivity contribution < 1.29 is 14.3 Å². The van der Waals surface area contributed by atoms with Crippen LogP contribution in [0.15, 0.2) is 33.7 Å². The molecule has 1 heterocycles. The van der Waals surface area contributed by atoms with Crippen molar-refractivity contribution in [2.45, 2.75) is 0 Å². The number of hydrogen-bond donors (Lipinski definition) is 1. The van der Waals surface area contributed by atoms with Crippen molar-refractivity contribution in [2.24, 2.45) is 0 Å². The van der Waals surface area contributed by atoms with E-state index >= 15 is 0 Å². The molecule has 0 fully saturated rings.